The van der Waals surface area contributed by atoms with E-state index < -0.39 is 27.8 Å². The van der Waals surface area contributed by atoms with E-state index in [1.165, 1.54) is 30.6 Å². The summed E-state index contributed by atoms with van der Waals surface area (Å²) in [5, 5.41) is 14.8. The molecule has 2 heterocycles. The van der Waals surface area contributed by atoms with Crippen LogP contribution in [0.2, 0.25) is 10.0 Å². The number of anilines is 2. The number of hydrogen-bond donors (Lipinski definition) is 1. The molecule has 1 aliphatic rings. The monoisotopic (exact) mass is 559 g/mol. The molecule has 1 aromatic heterocycles. The molecule has 0 bridgehead atoms. The summed E-state index contributed by atoms with van der Waals surface area (Å²) in [6, 6.07) is 5.58. The quantitative estimate of drug-likeness (QED) is 0.164. The number of halogens is 3. The number of aromatic nitrogens is 2. The van der Waals surface area contributed by atoms with Crippen LogP contribution in [0.25, 0.3) is 10.9 Å². The van der Waals surface area contributed by atoms with Gasteiger partial charge in [0.1, 0.15) is 23.3 Å². The number of ether oxygens (including phenoxy) is 1. The molecule has 0 radical (unpaired) electrons. The van der Waals surface area contributed by atoms with Crippen molar-refractivity contribution in [1.82, 2.24) is 14.9 Å². The first-order chi connectivity index (χ1) is 17.8. The van der Waals surface area contributed by atoms with Gasteiger partial charge in [-0.2, -0.15) is 0 Å². The number of nitrogens with zero attached hydrogens (tertiary/aromatic N) is 4. The molecule has 2 aromatic carbocycles. The second-order valence-electron chi connectivity index (χ2n) is 10.2. The third kappa shape index (κ3) is 5.90. The molecule has 3 aromatic rings. The minimum absolute atomic E-state index is 0.00498. The summed E-state index contributed by atoms with van der Waals surface area (Å²) < 4.78 is 20.0. The Labute approximate surface area is 228 Å². The zero-order chi connectivity index (χ0) is 27.8. The van der Waals surface area contributed by atoms with Crippen molar-refractivity contribution in [2.45, 2.75) is 39.7 Å². The Bertz CT molecular complexity index is 1520. The number of fused-ring (bicyclic) bond motifs is 1. The molecule has 1 unspecified atom stereocenters. The highest BCUT2D eigenvalue weighted by Crippen LogP contribution is 2.35. The molecule has 0 aliphatic carbocycles. The molecule has 12 heteroatoms. The van der Waals surface area contributed by atoms with Crippen molar-refractivity contribution >= 4 is 57.4 Å². The van der Waals surface area contributed by atoms with Gasteiger partial charge in [-0.15, -0.1) is 0 Å². The van der Waals surface area contributed by atoms with E-state index in [9.17, 15) is 19.3 Å². The molecule has 9 nitrogen and oxygen atoms in total. The second-order valence-corrected chi connectivity index (χ2v) is 11.0. The summed E-state index contributed by atoms with van der Waals surface area (Å²) in [5.74, 6) is 5.40. The summed E-state index contributed by atoms with van der Waals surface area (Å²) in [7, 11) is 0. The minimum atomic E-state index is -0.784. The average Bonchev–Trinajstić information content (AvgIpc) is 3.24. The maximum Gasteiger partial charge on any atom is 0.410 e. The van der Waals surface area contributed by atoms with Gasteiger partial charge in [-0.05, 0) is 52.3 Å². The van der Waals surface area contributed by atoms with Gasteiger partial charge in [0, 0.05) is 30.0 Å². The molecular formula is C26H24Cl2FN5O4. The molecule has 1 aliphatic heterocycles. The Morgan fingerprint density at radius 1 is 1.29 bits per heavy atom. The highest BCUT2D eigenvalue weighted by molar-refractivity contribution is 6.42. The molecule has 0 spiro atoms. The normalized spacial score (nSPS) is 17.2. The van der Waals surface area contributed by atoms with Gasteiger partial charge in [0.25, 0.3) is 5.69 Å². The van der Waals surface area contributed by atoms with E-state index >= 15 is 0 Å². The van der Waals surface area contributed by atoms with Crippen LogP contribution in [-0.4, -0.2) is 44.6 Å². The summed E-state index contributed by atoms with van der Waals surface area (Å²) in [6.45, 7) is 8.09. The van der Waals surface area contributed by atoms with E-state index in [0.29, 0.717) is 30.4 Å². The van der Waals surface area contributed by atoms with Gasteiger partial charge >= 0.3 is 6.09 Å². The van der Waals surface area contributed by atoms with Crippen molar-refractivity contribution in [3.63, 3.8) is 0 Å². The van der Waals surface area contributed by atoms with Crippen LogP contribution in [0.1, 0.15) is 39.7 Å². The average molecular weight is 560 g/mol. The smallest absolute Gasteiger partial charge is 0.410 e. The number of amides is 1. The summed E-state index contributed by atoms with van der Waals surface area (Å²) in [4.78, 5) is 33.7. The highest BCUT2D eigenvalue weighted by atomic mass is 35.5. The van der Waals surface area contributed by atoms with Gasteiger partial charge in [-0.3, -0.25) is 10.1 Å². The molecule has 1 amide bonds. The molecule has 1 N–H and O–H groups in total. The topological polar surface area (TPSA) is 110 Å². The fourth-order valence-corrected chi connectivity index (χ4v) is 4.27. The molecule has 198 valence electrons. The summed E-state index contributed by atoms with van der Waals surface area (Å²) >= 11 is 11.7. The predicted octanol–water partition coefficient (Wildman–Crippen LogP) is 6.73. The van der Waals surface area contributed by atoms with Crippen LogP contribution >= 0.6 is 23.2 Å². The lowest BCUT2D eigenvalue weighted by Gasteiger charge is -2.25. The maximum absolute atomic E-state index is 14.6. The molecular weight excluding hydrogens is 536 g/mol. The number of nitro benzene ring substituents is 1. The number of rotatable bonds is 3. The van der Waals surface area contributed by atoms with Crippen LogP contribution in [-0.2, 0) is 4.74 Å². The van der Waals surface area contributed by atoms with Crippen LogP contribution in [0.15, 0.2) is 30.6 Å². The Hall–Kier alpha value is -3.68. The van der Waals surface area contributed by atoms with Crippen molar-refractivity contribution in [1.29, 1.82) is 0 Å². The fraction of sp³-hybridized carbons (Fsp3) is 0.346. The highest BCUT2D eigenvalue weighted by Gasteiger charge is 2.36. The fourth-order valence-electron chi connectivity index (χ4n) is 3.96. The molecule has 38 heavy (non-hydrogen) atoms. The summed E-state index contributed by atoms with van der Waals surface area (Å²) in [5.41, 5.74) is -0.940. The number of hydrogen-bond acceptors (Lipinski definition) is 7. The number of carbonyl (C=O) groups is 1. The standard InChI is InChI=1S/C26H24Cl2FN5O4/c1-25(2,3)38-24(35)33-10-9-26(4,13-33)8-7-15-11-19-16(12-20(15)34(36)37)23(31-14-30-19)32-18-6-5-17(27)21(28)22(18)29/h5-6,11-12,14H,9-10,13H2,1-4H3,(H,30,31,32). The SMILES string of the molecule is CC1(C#Cc2cc3ncnc(Nc4ccc(Cl)c(Cl)c4F)c3cc2[N+](=O)[O-])CCN(C(=O)OC(C)(C)C)C1. The molecule has 1 atom stereocenters. The van der Waals surface area contributed by atoms with Gasteiger partial charge < -0.3 is 15.0 Å². The molecule has 4 rings (SSSR count). The van der Waals surface area contributed by atoms with Crippen molar-refractivity contribution < 1.29 is 18.8 Å². The molecule has 0 saturated carbocycles. The zero-order valence-corrected chi connectivity index (χ0v) is 22.6. The molecule has 1 fully saturated rings. The van der Waals surface area contributed by atoms with Gasteiger partial charge in [-0.25, -0.2) is 19.2 Å². The van der Waals surface area contributed by atoms with Gasteiger partial charge in [0.05, 0.1) is 26.2 Å². The number of nitro groups is 1. The number of nitrogens with one attached hydrogen (secondary N) is 1. The van der Waals surface area contributed by atoms with E-state index in [1.807, 2.05) is 6.92 Å². The lowest BCUT2D eigenvalue weighted by atomic mass is 9.90. The first kappa shape index (κ1) is 27.4. The first-order valence-electron chi connectivity index (χ1n) is 11.6. The first-order valence-corrected chi connectivity index (χ1v) is 12.4. The van der Waals surface area contributed by atoms with E-state index in [2.05, 4.69) is 27.1 Å². The van der Waals surface area contributed by atoms with Crippen molar-refractivity contribution in [2.75, 3.05) is 18.4 Å². The minimum Gasteiger partial charge on any atom is -0.444 e. The largest absolute Gasteiger partial charge is 0.444 e. The number of likely N-dealkylation sites (tertiary alicyclic amines) is 1. The summed E-state index contributed by atoms with van der Waals surface area (Å²) in [6.07, 6.45) is 1.42. The predicted molar refractivity (Wildman–Crippen MR) is 143 cm³/mol. The second kappa shape index (κ2) is 10.2. The van der Waals surface area contributed by atoms with Crippen molar-refractivity contribution in [2.24, 2.45) is 5.41 Å². The van der Waals surface area contributed by atoms with Gasteiger partial charge in [0.15, 0.2) is 5.82 Å². The third-order valence-corrected chi connectivity index (χ3v) is 6.64. The van der Waals surface area contributed by atoms with E-state index in [-0.39, 0.29) is 32.8 Å². The van der Waals surface area contributed by atoms with Gasteiger partial charge in [0.2, 0.25) is 0 Å². The van der Waals surface area contributed by atoms with Crippen LogP contribution < -0.4 is 5.32 Å². The van der Waals surface area contributed by atoms with Crippen LogP contribution in [0, 0.1) is 33.2 Å². The Kier molecular flexibility index (Phi) is 7.37. The Balaban J connectivity index is 1.66. The Morgan fingerprint density at radius 2 is 2.03 bits per heavy atom. The van der Waals surface area contributed by atoms with Crippen LogP contribution in [0.5, 0.6) is 0 Å². The number of carbonyl (C=O) groups excluding carboxylic acids is 1. The zero-order valence-electron chi connectivity index (χ0n) is 21.1. The number of benzene rings is 2. The van der Waals surface area contributed by atoms with E-state index in [1.54, 1.807) is 25.7 Å². The molecule has 1 saturated heterocycles. The van der Waals surface area contributed by atoms with E-state index in [4.69, 9.17) is 27.9 Å². The Morgan fingerprint density at radius 3 is 2.71 bits per heavy atom. The van der Waals surface area contributed by atoms with Crippen LogP contribution in [0.4, 0.5) is 26.4 Å². The van der Waals surface area contributed by atoms with Crippen LogP contribution in [0.3, 0.4) is 0 Å². The lowest BCUT2D eigenvalue weighted by Crippen LogP contribution is -2.36. The van der Waals surface area contributed by atoms with Crippen molar-refractivity contribution in [3.05, 3.63) is 62.1 Å². The third-order valence-electron chi connectivity index (χ3n) is 5.86. The lowest BCUT2D eigenvalue weighted by molar-refractivity contribution is -0.385. The van der Waals surface area contributed by atoms with Crippen molar-refractivity contribution in [3.8, 4) is 11.8 Å². The van der Waals surface area contributed by atoms with E-state index in [0.717, 1.165) is 0 Å². The maximum atomic E-state index is 14.6. The van der Waals surface area contributed by atoms with Gasteiger partial charge in [-0.1, -0.05) is 35.0 Å².